The van der Waals surface area contributed by atoms with Crippen molar-refractivity contribution in [1.29, 1.82) is 0 Å². The number of anilines is 1. The van der Waals surface area contributed by atoms with Crippen LogP contribution >= 0.6 is 0 Å². The summed E-state index contributed by atoms with van der Waals surface area (Å²) in [6, 6.07) is 17.4. The van der Waals surface area contributed by atoms with Crippen LogP contribution < -0.4 is 10.2 Å². The maximum atomic E-state index is 12.8. The van der Waals surface area contributed by atoms with E-state index in [1.165, 1.54) is 0 Å². The SMILES string of the molecule is CN(C)c1cccc(C(=O)N2CCN(C(=O)NCc3ccccc3)CC2)c1. The molecule has 0 bridgehead atoms. The summed E-state index contributed by atoms with van der Waals surface area (Å²) >= 11 is 0. The van der Waals surface area contributed by atoms with Crippen LogP contribution in [0.3, 0.4) is 0 Å². The summed E-state index contributed by atoms with van der Waals surface area (Å²) < 4.78 is 0. The Kier molecular flexibility index (Phi) is 5.96. The third kappa shape index (κ3) is 4.78. The zero-order valence-corrected chi connectivity index (χ0v) is 15.9. The summed E-state index contributed by atoms with van der Waals surface area (Å²) in [6.07, 6.45) is 0. The van der Waals surface area contributed by atoms with E-state index < -0.39 is 0 Å². The fourth-order valence-electron chi connectivity index (χ4n) is 3.10. The Morgan fingerprint density at radius 1 is 0.926 bits per heavy atom. The van der Waals surface area contributed by atoms with Gasteiger partial charge in [-0.15, -0.1) is 0 Å². The van der Waals surface area contributed by atoms with E-state index in [1.807, 2.05) is 78.5 Å². The summed E-state index contributed by atoms with van der Waals surface area (Å²) in [5.74, 6) is 0.0167. The largest absolute Gasteiger partial charge is 0.378 e. The van der Waals surface area contributed by atoms with Crippen molar-refractivity contribution >= 4 is 17.6 Å². The number of hydrogen-bond donors (Lipinski definition) is 1. The van der Waals surface area contributed by atoms with Gasteiger partial charge in [-0.1, -0.05) is 36.4 Å². The van der Waals surface area contributed by atoms with E-state index in [9.17, 15) is 9.59 Å². The van der Waals surface area contributed by atoms with E-state index in [0.29, 0.717) is 38.3 Å². The maximum Gasteiger partial charge on any atom is 0.317 e. The Bertz CT molecular complexity index is 784. The van der Waals surface area contributed by atoms with E-state index >= 15 is 0 Å². The van der Waals surface area contributed by atoms with Gasteiger partial charge < -0.3 is 20.0 Å². The first-order valence-electron chi connectivity index (χ1n) is 9.18. The topological polar surface area (TPSA) is 55.9 Å². The lowest BCUT2D eigenvalue weighted by Crippen LogP contribution is -2.53. The van der Waals surface area contributed by atoms with Gasteiger partial charge in [0.15, 0.2) is 0 Å². The van der Waals surface area contributed by atoms with Crippen LogP contribution in [0.1, 0.15) is 15.9 Å². The third-order valence-corrected chi connectivity index (χ3v) is 4.75. The number of rotatable bonds is 4. The van der Waals surface area contributed by atoms with Gasteiger partial charge in [-0.25, -0.2) is 4.79 Å². The van der Waals surface area contributed by atoms with E-state index in [1.54, 1.807) is 4.90 Å². The fourth-order valence-corrected chi connectivity index (χ4v) is 3.10. The number of amides is 3. The average molecular weight is 366 g/mol. The molecule has 0 aromatic heterocycles. The van der Waals surface area contributed by atoms with Crippen molar-refractivity contribution in [1.82, 2.24) is 15.1 Å². The molecule has 6 nitrogen and oxygen atoms in total. The summed E-state index contributed by atoms with van der Waals surface area (Å²) in [7, 11) is 3.91. The molecule has 1 aliphatic rings. The number of benzene rings is 2. The van der Waals surface area contributed by atoms with Gasteiger partial charge in [-0.2, -0.15) is 0 Å². The van der Waals surface area contributed by atoms with Gasteiger partial charge >= 0.3 is 6.03 Å². The van der Waals surface area contributed by atoms with Gasteiger partial charge in [-0.3, -0.25) is 4.79 Å². The van der Waals surface area contributed by atoms with Crippen LogP contribution in [-0.4, -0.2) is 62.0 Å². The molecule has 1 N–H and O–H groups in total. The summed E-state index contributed by atoms with van der Waals surface area (Å²) in [5, 5.41) is 2.94. The molecule has 27 heavy (non-hydrogen) atoms. The molecule has 0 atom stereocenters. The molecule has 0 radical (unpaired) electrons. The Hall–Kier alpha value is -3.02. The minimum Gasteiger partial charge on any atom is -0.378 e. The zero-order valence-electron chi connectivity index (χ0n) is 15.9. The lowest BCUT2D eigenvalue weighted by molar-refractivity contribution is 0.0665. The highest BCUT2D eigenvalue weighted by atomic mass is 16.2. The molecule has 2 aromatic rings. The highest BCUT2D eigenvalue weighted by Gasteiger charge is 2.24. The van der Waals surface area contributed by atoms with Crippen molar-refractivity contribution in [2.75, 3.05) is 45.2 Å². The summed E-state index contributed by atoms with van der Waals surface area (Å²) in [5.41, 5.74) is 2.75. The fraction of sp³-hybridized carbons (Fsp3) is 0.333. The van der Waals surface area contributed by atoms with E-state index in [0.717, 1.165) is 11.3 Å². The molecule has 1 aliphatic heterocycles. The van der Waals surface area contributed by atoms with Gasteiger partial charge in [0.2, 0.25) is 0 Å². The second kappa shape index (κ2) is 8.58. The molecule has 142 valence electrons. The Balaban J connectivity index is 1.51. The predicted octanol–water partition coefficient (Wildman–Crippen LogP) is 2.42. The third-order valence-electron chi connectivity index (χ3n) is 4.75. The first-order valence-corrected chi connectivity index (χ1v) is 9.18. The van der Waals surface area contributed by atoms with Gasteiger partial charge in [0.1, 0.15) is 0 Å². The average Bonchev–Trinajstić information content (AvgIpc) is 2.72. The molecule has 2 aromatic carbocycles. The molecular weight excluding hydrogens is 340 g/mol. The van der Waals surface area contributed by atoms with Crippen molar-refractivity contribution in [2.45, 2.75) is 6.54 Å². The number of hydrogen-bond acceptors (Lipinski definition) is 3. The molecule has 0 spiro atoms. The van der Waals surface area contributed by atoms with Crippen LogP contribution in [-0.2, 0) is 6.54 Å². The number of nitrogens with one attached hydrogen (secondary N) is 1. The standard InChI is InChI=1S/C21H26N4O2/c1-23(2)19-10-6-9-18(15-19)20(26)24-11-13-25(14-12-24)21(27)22-16-17-7-4-3-5-8-17/h3-10,15H,11-14,16H2,1-2H3,(H,22,27). The molecule has 1 fully saturated rings. The van der Waals surface area contributed by atoms with Gasteiger partial charge in [0, 0.05) is 58.1 Å². The van der Waals surface area contributed by atoms with Crippen LogP contribution in [0, 0.1) is 0 Å². The number of carbonyl (C=O) groups excluding carboxylic acids is 2. The quantitative estimate of drug-likeness (QED) is 0.904. The van der Waals surface area contributed by atoms with Crippen LogP contribution in [0.15, 0.2) is 54.6 Å². The monoisotopic (exact) mass is 366 g/mol. The number of carbonyl (C=O) groups is 2. The lowest BCUT2D eigenvalue weighted by atomic mass is 10.1. The number of piperazine rings is 1. The Morgan fingerprint density at radius 3 is 2.26 bits per heavy atom. The predicted molar refractivity (Wildman–Crippen MR) is 107 cm³/mol. The van der Waals surface area contributed by atoms with Gasteiger partial charge in [0.25, 0.3) is 5.91 Å². The minimum atomic E-state index is -0.0828. The Morgan fingerprint density at radius 2 is 1.59 bits per heavy atom. The normalized spacial score (nSPS) is 14.0. The highest BCUT2D eigenvalue weighted by molar-refractivity contribution is 5.95. The van der Waals surface area contributed by atoms with Crippen molar-refractivity contribution in [3.63, 3.8) is 0 Å². The maximum absolute atomic E-state index is 12.8. The first kappa shape index (κ1) is 18.8. The molecule has 1 saturated heterocycles. The first-order chi connectivity index (χ1) is 13.0. The molecule has 1 heterocycles. The molecule has 0 saturated carbocycles. The molecular formula is C21H26N4O2. The molecule has 0 aliphatic carbocycles. The smallest absolute Gasteiger partial charge is 0.317 e. The summed E-state index contributed by atoms with van der Waals surface area (Å²) in [6.45, 7) is 2.68. The molecule has 3 rings (SSSR count). The van der Waals surface area contributed by atoms with Crippen molar-refractivity contribution in [2.24, 2.45) is 0 Å². The number of urea groups is 1. The van der Waals surface area contributed by atoms with E-state index in [2.05, 4.69) is 5.32 Å². The van der Waals surface area contributed by atoms with Gasteiger partial charge in [-0.05, 0) is 23.8 Å². The highest BCUT2D eigenvalue weighted by Crippen LogP contribution is 2.16. The Labute approximate surface area is 160 Å². The van der Waals surface area contributed by atoms with Crippen LogP contribution in [0.2, 0.25) is 0 Å². The van der Waals surface area contributed by atoms with Gasteiger partial charge in [0.05, 0.1) is 0 Å². The van der Waals surface area contributed by atoms with Crippen molar-refractivity contribution < 1.29 is 9.59 Å². The van der Waals surface area contributed by atoms with Crippen molar-refractivity contribution in [3.8, 4) is 0 Å². The zero-order chi connectivity index (χ0) is 19.2. The molecule has 0 unspecified atom stereocenters. The van der Waals surface area contributed by atoms with E-state index in [-0.39, 0.29) is 11.9 Å². The summed E-state index contributed by atoms with van der Waals surface area (Å²) in [4.78, 5) is 30.7. The minimum absolute atomic E-state index is 0.0167. The second-order valence-corrected chi connectivity index (χ2v) is 6.87. The van der Waals surface area contributed by atoms with Crippen LogP contribution in [0.5, 0.6) is 0 Å². The second-order valence-electron chi connectivity index (χ2n) is 6.87. The van der Waals surface area contributed by atoms with Crippen LogP contribution in [0.25, 0.3) is 0 Å². The molecule has 3 amide bonds. The number of nitrogens with zero attached hydrogens (tertiary/aromatic N) is 3. The molecule has 6 heteroatoms. The lowest BCUT2D eigenvalue weighted by Gasteiger charge is -2.34. The van der Waals surface area contributed by atoms with Crippen LogP contribution in [0.4, 0.5) is 10.5 Å². The van der Waals surface area contributed by atoms with Crippen molar-refractivity contribution in [3.05, 3.63) is 65.7 Å². The van der Waals surface area contributed by atoms with E-state index in [4.69, 9.17) is 0 Å².